The van der Waals surface area contributed by atoms with Gasteiger partial charge in [-0.15, -0.1) is 0 Å². The van der Waals surface area contributed by atoms with Gasteiger partial charge >= 0.3 is 0 Å². The van der Waals surface area contributed by atoms with Crippen LogP contribution in [-0.2, 0) is 0 Å². The van der Waals surface area contributed by atoms with E-state index in [0.717, 1.165) is 0 Å². The number of aliphatic hydroxyl groups is 4. The van der Waals surface area contributed by atoms with E-state index in [1.165, 1.54) is 0 Å². The molecule has 1 fully saturated rings. The molecule has 1 heterocycles. The Morgan fingerprint density at radius 3 is 2.55 bits per heavy atom. The van der Waals surface area contributed by atoms with Gasteiger partial charge in [-0.1, -0.05) is 0 Å². The number of rotatable bonds is 1. The normalized spacial score (nSPS) is 49.8. The Morgan fingerprint density at radius 2 is 2.00 bits per heavy atom. The molecule has 0 amide bonds. The van der Waals surface area contributed by atoms with E-state index in [4.69, 9.17) is 18.1 Å². The predicted molar refractivity (Wildman–Crippen MR) is 36.9 cm³/mol. The van der Waals surface area contributed by atoms with E-state index in [-0.39, 0.29) is 6.54 Å². The molecule has 0 aromatic rings. The molecular formula is C6H13NO4. The fraction of sp³-hybridized carbons (Fsp3) is 1.00. The first-order valence-corrected chi connectivity index (χ1v) is 3.34. The van der Waals surface area contributed by atoms with Gasteiger partial charge in [-0.25, -0.2) is 0 Å². The maximum atomic E-state index is 9.27. The van der Waals surface area contributed by atoms with Gasteiger partial charge in [0.25, 0.3) is 0 Å². The Kier molecular flexibility index (Phi) is 1.99. The van der Waals surface area contributed by atoms with Crippen molar-refractivity contribution in [1.82, 2.24) is 5.32 Å². The van der Waals surface area contributed by atoms with Gasteiger partial charge in [-0.2, -0.15) is 0 Å². The summed E-state index contributed by atoms with van der Waals surface area (Å²) in [5, 5.41) is 38.8. The summed E-state index contributed by atoms with van der Waals surface area (Å²) in [4.78, 5) is 0. The molecule has 0 unspecified atom stereocenters. The van der Waals surface area contributed by atoms with Gasteiger partial charge < -0.3 is 25.7 Å². The van der Waals surface area contributed by atoms with E-state index in [1.807, 2.05) is 0 Å². The number of hydrogen-bond acceptors (Lipinski definition) is 5. The summed E-state index contributed by atoms with van der Waals surface area (Å²) in [5.74, 6) is 0. The molecule has 1 rings (SSSR count). The first kappa shape index (κ1) is 6.33. The Hall–Kier alpha value is -0.200. The molecule has 5 heteroatoms. The molecule has 1 saturated heterocycles. The maximum Gasteiger partial charge on any atom is 0.109 e. The van der Waals surface area contributed by atoms with E-state index in [1.54, 1.807) is 0 Å². The highest BCUT2D eigenvalue weighted by Crippen LogP contribution is 2.09. The third kappa shape index (κ3) is 1.69. The van der Waals surface area contributed by atoms with Crippen molar-refractivity contribution in [2.45, 2.75) is 24.4 Å². The van der Waals surface area contributed by atoms with Crippen LogP contribution in [0.3, 0.4) is 0 Å². The van der Waals surface area contributed by atoms with E-state index in [9.17, 15) is 5.11 Å². The summed E-state index contributed by atoms with van der Waals surface area (Å²) in [5.41, 5.74) is 0. The second-order valence-electron chi connectivity index (χ2n) is 2.56. The summed E-state index contributed by atoms with van der Waals surface area (Å²) in [6, 6.07) is -1.29. The molecule has 0 radical (unpaired) electrons. The standard InChI is InChI=1S/C6H13NO4/c8-2-3-5(10)6(11)4(9)1-7-3/h3-11H,1-2H2/t3-,4+,5-,6-/m1/s1/i2D2,7+1. The zero-order valence-electron chi connectivity index (χ0n) is 7.81. The Morgan fingerprint density at radius 1 is 1.36 bits per heavy atom. The molecule has 0 aromatic heterocycles. The molecule has 5 N–H and O–H groups in total. The van der Waals surface area contributed by atoms with Gasteiger partial charge in [0.15, 0.2) is 0 Å². The van der Waals surface area contributed by atoms with Crippen LogP contribution in [0.25, 0.3) is 0 Å². The molecule has 0 spiro atoms. The Labute approximate surface area is 67.1 Å². The van der Waals surface area contributed by atoms with Crippen molar-refractivity contribution in [3.05, 3.63) is 0 Å². The van der Waals surface area contributed by atoms with Crippen LogP contribution in [0.15, 0.2) is 0 Å². The Bertz CT molecular complexity index is 186. The van der Waals surface area contributed by atoms with Gasteiger partial charge in [0.05, 0.1) is 27.6 Å². The van der Waals surface area contributed by atoms with Crippen molar-refractivity contribution >= 4 is 0 Å². The van der Waals surface area contributed by atoms with Crippen LogP contribution in [0.1, 0.15) is 2.74 Å². The first-order chi connectivity index (χ1) is 5.84. The lowest BCUT2D eigenvalue weighted by Crippen LogP contribution is -2.60. The van der Waals surface area contributed by atoms with E-state index < -0.39 is 30.9 Å². The number of aliphatic hydroxyl groups excluding tert-OH is 3. The van der Waals surface area contributed by atoms with E-state index in [2.05, 4.69) is 5.32 Å². The highest BCUT2D eigenvalue weighted by atomic mass is 16.4. The van der Waals surface area contributed by atoms with E-state index in [0.29, 0.717) is 0 Å². The molecule has 0 bridgehead atoms. The van der Waals surface area contributed by atoms with Crippen LogP contribution in [-0.4, -0.2) is 57.9 Å². The summed E-state index contributed by atoms with van der Waals surface area (Å²) in [7, 11) is 0. The monoisotopic (exact) mass is 166 g/mol. The molecule has 0 aliphatic carbocycles. The van der Waals surface area contributed by atoms with Crippen molar-refractivity contribution < 1.29 is 23.2 Å². The average molecular weight is 166 g/mol. The summed E-state index contributed by atoms with van der Waals surface area (Å²) in [6.07, 6.45) is -4.11. The largest absolute Gasteiger partial charge is 0.395 e. The van der Waals surface area contributed by atoms with Crippen LogP contribution < -0.4 is 5.32 Å². The number of nitrogens with one attached hydrogen (secondary N) is 1. The average Bonchev–Trinajstić information content (AvgIpc) is 1.98. The summed E-state index contributed by atoms with van der Waals surface area (Å²) in [6.45, 7) is -2.69. The smallest absolute Gasteiger partial charge is 0.109 e. The minimum absolute atomic E-state index is 0.0665. The molecule has 0 saturated carbocycles. The summed E-state index contributed by atoms with van der Waals surface area (Å²) < 4.78 is 13.8. The Balaban J connectivity index is 2.70. The minimum Gasteiger partial charge on any atom is -0.395 e. The first-order valence-electron chi connectivity index (χ1n) is 4.34. The second kappa shape index (κ2) is 3.46. The van der Waals surface area contributed by atoms with Crippen LogP contribution in [0.5, 0.6) is 0 Å². The van der Waals surface area contributed by atoms with Gasteiger partial charge in [0.2, 0.25) is 0 Å². The predicted octanol–water partition coefficient (Wildman–Crippen LogP) is -2.97. The number of hydrogen-bond donors (Lipinski definition) is 5. The molecule has 1 aliphatic rings. The second-order valence-corrected chi connectivity index (χ2v) is 2.56. The van der Waals surface area contributed by atoms with E-state index >= 15 is 0 Å². The topological polar surface area (TPSA) is 93.0 Å². The SMILES string of the molecule is [2H]C([2H])(O)[C@H]1[15NH]C[C@H](O)[C@@H](O)[C@@H]1O. The highest BCUT2D eigenvalue weighted by molar-refractivity contribution is 4.91. The van der Waals surface area contributed by atoms with Gasteiger partial charge in [-0.05, 0) is 0 Å². The third-order valence-corrected chi connectivity index (χ3v) is 1.77. The van der Waals surface area contributed by atoms with Crippen molar-refractivity contribution in [3.8, 4) is 0 Å². The number of β-amino-alcohol motifs (C(OH)–C–C–N with tert-alkyl or cyclic N) is 1. The third-order valence-electron chi connectivity index (χ3n) is 1.77. The molecule has 5 nitrogen and oxygen atoms in total. The van der Waals surface area contributed by atoms with Gasteiger partial charge in [0, 0.05) is 6.54 Å². The van der Waals surface area contributed by atoms with Crippen molar-refractivity contribution in [3.63, 3.8) is 0 Å². The lowest BCUT2D eigenvalue weighted by molar-refractivity contribution is -0.101. The fourth-order valence-corrected chi connectivity index (χ4v) is 1.04. The van der Waals surface area contributed by atoms with Crippen molar-refractivity contribution in [2.24, 2.45) is 0 Å². The van der Waals surface area contributed by atoms with Crippen molar-refractivity contribution in [2.75, 3.05) is 13.1 Å². The van der Waals surface area contributed by atoms with Crippen LogP contribution >= 0.6 is 0 Å². The highest BCUT2D eigenvalue weighted by Gasteiger charge is 2.35. The zero-order chi connectivity index (χ0) is 10.2. The van der Waals surface area contributed by atoms with Crippen molar-refractivity contribution in [1.29, 1.82) is 0 Å². The lowest BCUT2D eigenvalue weighted by atomic mass is 9.99. The molecule has 4 atom stereocenters. The zero-order valence-corrected chi connectivity index (χ0v) is 5.81. The molecule has 0 aromatic carbocycles. The fourth-order valence-electron chi connectivity index (χ4n) is 1.04. The molecule has 11 heavy (non-hydrogen) atoms. The molecule has 1 aliphatic heterocycles. The minimum atomic E-state index is -2.62. The number of piperidine rings is 1. The summed E-state index contributed by atoms with van der Waals surface area (Å²) >= 11 is 0. The van der Waals surface area contributed by atoms with Gasteiger partial charge in [-0.3, -0.25) is 0 Å². The maximum absolute atomic E-state index is 9.27. The van der Waals surface area contributed by atoms with Crippen LogP contribution in [0, 0.1) is 0 Å². The lowest BCUT2D eigenvalue weighted by Gasteiger charge is -2.34. The molecule has 66 valence electrons. The van der Waals surface area contributed by atoms with Crippen LogP contribution in [0.4, 0.5) is 0 Å². The van der Waals surface area contributed by atoms with Gasteiger partial charge in [0.1, 0.15) is 6.10 Å². The quantitative estimate of drug-likeness (QED) is 0.268. The molecular weight excluding hydrogens is 151 g/mol. The van der Waals surface area contributed by atoms with Crippen LogP contribution in [0.2, 0.25) is 0 Å².